The minimum atomic E-state index is 0.827. The van der Waals surface area contributed by atoms with Gasteiger partial charge in [0.2, 0.25) is 0 Å². The normalized spacial score (nSPS) is 17.8. The van der Waals surface area contributed by atoms with E-state index in [2.05, 4.69) is 20.5 Å². The molecule has 1 aromatic heterocycles. The second-order valence-corrected chi connectivity index (χ2v) is 3.98. The van der Waals surface area contributed by atoms with Crippen LogP contribution in [0.4, 0.5) is 0 Å². The van der Waals surface area contributed by atoms with E-state index in [9.17, 15) is 0 Å². The van der Waals surface area contributed by atoms with Crippen LogP contribution >= 0.6 is 0 Å². The number of hydrogen-bond acceptors (Lipinski definition) is 5. The molecule has 0 spiro atoms. The van der Waals surface area contributed by atoms with Gasteiger partial charge in [-0.25, -0.2) is 0 Å². The molecule has 0 aliphatic carbocycles. The highest BCUT2D eigenvalue weighted by molar-refractivity contribution is 4.92. The number of rotatable bonds is 5. The molecule has 1 N–H and O–H groups in total. The number of nitrogens with zero attached hydrogens (tertiary/aromatic N) is 4. The smallest absolute Gasteiger partial charge is 0.0738 e. The zero-order valence-electron chi connectivity index (χ0n) is 9.72. The summed E-state index contributed by atoms with van der Waals surface area (Å²) in [5.41, 5.74) is 1.11. The summed E-state index contributed by atoms with van der Waals surface area (Å²) < 4.78 is 7.09. The summed E-state index contributed by atoms with van der Waals surface area (Å²) in [5.74, 6) is 0. The minimum absolute atomic E-state index is 0.827. The highest BCUT2D eigenvalue weighted by Crippen LogP contribution is 1.95. The highest BCUT2D eigenvalue weighted by atomic mass is 16.5. The highest BCUT2D eigenvalue weighted by Gasteiger charge is 2.09. The van der Waals surface area contributed by atoms with E-state index < -0.39 is 0 Å². The van der Waals surface area contributed by atoms with Gasteiger partial charge in [-0.1, -0.05) is 5.21 Å². The molecule has 1 aliphatic rings. The molecule has 0 saturated carbocycles. The van der Waals surface area contributed by atoms with Crippen molar-refractivity contribution < 1.29 is 4.74 Å². The number of aryl methyl sites for hydroxylation is 1. The molecule has 1 fully saturated rings. The first kappa shape index (κ1) is 11.5. The number of aromatic nitrogens is 3. The average Bonchev–Trinajstić information content (AvgIpc) is 2.72. The molecule has 0 bridgehead atoms. The fourth-order valence-electron chi connectivity index (χ4n) is 1.75. The van der Waals surface area contributed by atoms with Crippen LogP contribution < -0.4 is 5.32 Å². The Morgan fingerprint density at radius 2 is 2.25 bits per heavy atom. The van der Waals surface area contributed by atoms with E-state index in [-0.39, 0.29) is 0 Å². The first-order chi connectivity index (χ1) is 7.86. The van der Waals surface area contributed by atoms with Crippen molar-refractivity contribution in [3.05, 3.63) is 11.9 Å². The maximum atomic E-state index is 5.30. The predicted molar refractivity (Wildman–Crippen MR) is 60.0 cm³/mol. The van der Waals surface area contributed by atoms with Gasteiger partial charge in [-0.2, -0.15) is 0 Å². The number of ether oxygens (including phenoxy) is 1. The molecule has 0 atom stereocenters. The fourth-order valence-corrected chi connectivity index (χ4v) is 1.75. The van der Waals surface area contributed by atoms with Crippen molar-refractivity contribution in [3.63, 3.8) is 0 Å². The molecule has 1 saturated heterocycles. The first-order valence-electron chi connectivity index (χ1n) is 5.70. The van der Waals surface area contributed by atoms with Crippen LogP contribution in [0.5, 0.6) is 0 Å². The fraction of sp³-hybridized carbons (Fsp3) is 0.800. The molecular weight excluding hydrogens is 206 g/mol. The molecule has 6 heteroatoms. The van der Waals surface area contributed by atoms with E-state index in [1.54, 1.807) is 10.9 Å². The van der Waals surface area contributed by atoms with Crippen LogP contribution in [0.3, 0.4) is 0 Å². The molecule has 90 valence electrons. The van der Waals surface area contributed by atoms with Gasteiger partial charge >= 0.3 is 0 Å². The molecule has 16 heavy (non-hydrogen) atoms. The Labute approximate surface area is 95.6 Å². The number of hydrogen-bond donors (Lipinski definition) is 1. The van der Waals surface area contributed by atoms with E-state index in [1.165, 1.54) is 0 Å². The van der Waals surface area contributed by atoms with Crippen molar-refractivity contribution in [3.8, 4) is 0 Å². The topological polar surface area (TPSA) is 55.2 Å². The molecule has 0 radical (unpaired) electrons. The molecule has 2 rings (SSSR count). The van der Waals surface area contributed by atoms with Crippen LogP contribution in [0.2, 0.25) is 0 Å². The molecule has 0 aromatic carbocycles. The lowest BCUT2D eigenvalue weighted by Crippen LogP contribution is -2.40. The summed E-state index contributed by atoms with van der Waals surface area (Å²) in [7, 11) is 1.91. The van der Waals surface area contributed by atoms with Crippen LogP contribution in [0.15, 0.2) is 6.20 Å². The van der Waals surface area contributed by atoms with Crippen LogP contribution in [0.25, 0.3) is 0 Å². The minimum Gasteiger partial charge on any atom is -0.379 e. The quantitative estimate of drug-likeness (QED) is 0.667. The van der Waals surface area contributed by atoms with E-state index >= 15 is 0 Å². The number of morpholine rings is 1. The Morgan fingerprint density at radius 1 is 1.44 bits per heavy atom. The summed E-state index contributed by atoms with van der Waals surface area (Å²) in [4.78, 5) is 2.41. The van der Waals surface area contributed by atoms with Gasteiger partial charge in [0.15, 0.2) is 0 Å². The van der Waals surface area contributed by atoms with Gasteiger partial charge in [-0.15, -0.1) is 5.10 Å². The molecule has 2 heterocycles. The van der Waals surface area contributed by atoms with Crippen molar-refractivity contribution in [2.45, 2.75) is 6.54 Å². The largest absolute Gasteiger partial charge is 0.379 e. The Hall–Kier alpha value is -0.980. The molecule has 1 aromatic rings. The predicted octanol–water partition coefficient (Wildman–Crippen LogP) is -0.763. The SMILES string of the molecule is Cn1nncc1CNCCN1CCOCC1. The van der Waals surface area contributed by atoms with Crippen molar-refractivity contribution in [2.75, 3.05) is 39.4 Å². The Balaban J connectivity index is 1.59. The lowest BCUT2D eigenvalue weighted by Gasteiger charge is -2.26. The standard InChI is InChI=1S/C10H19N5O/c1-14-10(9-12-13-14)8-11-2-3-15-4-6-16-7-5-15/h9,11H,2-8H2,1H3. The van der Waals surface area contributed by atoms with Gasteiger partial charge in [0.05, 0.1) is 25.1 Å². The van der Waals surface area contributed by atoms with Gasteiger partial charge in [-0.05, 0) is 0 Å². The second-order valence-electron chi connectivity index (χ2n) is 3.98. The maximum Gasteiger partial charge on any atom is 0.0738 e. The van der Waals surface area contributed by atoms with Gasteiger partial charge < -0.3 is 10.1 Å². The monoisotopic (exact) mass is 225 g/mol. The lowest BCUT2D eigenvalue weighted by molar-refractivity contribution is 0.0384. The Morgan fingerprint density at radius 3 is 2.94 bits per heavy atom. The summed E-state index contributed by atoms with van der Waals surface area (Å²) in [6.45, 7) is 6.73. The lowest BCUT2D eigenvalue weighted by atomic mass is 10.4. The molecule has 6 nitrogen and oxygen atoms in total. The zero-order chi connectivity index (χ0) is 11.2. The second kappa shape index (κ2) is 5.93. The third-order valence-electron chi connectivity index (χ3n) is 2.82. The first-order valence-corrected chi connectivity index (χ1v) is 5.70. The van der Waals surface area contributed by atoms with Crippen molar-refractivity contribution >= 4 is 0 Å². The zero-order valence-corrected chi connectivity index (χ0v) is 9.72. The molecule has 0 amide bonds. The third kappa shape index (κ3) is 3.26. The van der Waals surface area contributed by atoms with Gasteiger partial charge in [0, 0.05) is 39.8 Å². The van der Waals surface area contributed by atoms with E-state index in [0.717, 1.165) is 51.6 Å². The van der Waals surface area contributed by atoms with Gasteiger partial charge in [-0.3, -0.25) is 9.58 Å². The summed E-state index contributed by atoms with van der Waals surface area (Å²) >= 11 is 0. The molecule has 0 unspecified atom stereocenters. The van der Waals surface area contributed by atoms with E-state index in [0.29, 0.717) is 0 Å². The van der Waals surface area contributed by atoms with Crippen molar-refractivity contribution in [1.29, 1.82) is 0 Å². The molecular formula is C10H19N5O. The van der Waals surface area contributed by atoms with Crippen molar-refractivity contribution in [2.24, 2.45) is 7.05 Å². The summed E-state index contributed by atoms with van der Waals surface area (Å²) in [6.07, 6.45) is 1.79. The van der Waals surface area contributed by atoms with Crippen LogP contribution in [0, 0.1) is 0 Å². The Kier molecular flexibility index (Phi) is 4.26. The Bertz CT molecular complexity index is 308. The van der Waals surface area contributed by atoms with Gasteiger partial charge in [0.25, 0.3) is 0 Å². The maximum absolute atomic E-state index is 5.30. The number of nitrogens with one attached hydrogen (secondary N) is 1. The van der Waals surface area contributed by atoms with Crippen LogP contribution in [-0.4, -0.2) is 59.3 Å². The third-order valence-corrected chi connectivity index (χ3v) is 2.82. The van der Waals surface area contributed by atoms with Crippen LogP contribution in [-0.2, 0) is 18.3 Å². The summed E-state index contributed by atoms with van der Waals surface area (Å²) in [6, 6.07) is 0. The van der Waals surface area contributed by atoms with Crippen molar-refractivity contribution in [1.82, 2.24) is 25.2 Å². The van der Waals surface area contributed by atoms with Gasteiger partial charge in [0.1, 0.15) is 0 Å². The molecule has 1 aliphatic heterocycles. The van der Waals surface area contributed by atoms with E-state index in [1.807, 2.05) is 7.05 Å². The van der Waals surface area contributed by atoms with Crippen LogP contribution in [0.1, 0.15) is 5.69 Å². The average molecular weight is 225 g/mol. The summed E-state index contributed by atoms with van der Waals surface area (Å²) in [5, 5.41) is 11.1. The van der Waals surface area contributed by atoms with E-state index in [4.69, 9.17) is 4.74 Å².